The number of amides is 1. The van der Waals surface area contributed by atoms with E-state index in [1.54, 1.807) is 69.7 Å². The van der Waals surface area contributed by atoms with Gasteiger partial charge in [-0.25, -0.2) is 8.42 Å². The minimum atomic E-state index is -4.02. The maximum absolute atomic E-state index is 13.6. The van der Waals surface area contributed by atoms with Crippen molar-refractivity contribution in [3.05, 3.63) is 82.9 Å². The number of halogens is 1. The van der Waals surface area contributed by atoms with Crippen molar-refractivity contribution in [1.29, 1.82) is 0 Å². The van der Waals surface area contributed by atoms with Gasteiger partial charge in [0.25, 0.3) is 10.0 Å². The summed E-state index contributed by atoms with van der Waals surface area (Å²) >= 11 is 6.09. The molecule has 0 aromatic heterocycles. The van der Waals surface area contributed by atoms with Crippen molar-refractivity contribution in [2.45, 2.75) is 31.2 Å². The van der Waals surface area contributed by atoms with E-state index in [-0.39, 0.29) is 10.9 Å². The number of benzene rings is 3. The zero-order valence-corrected chi connectivity index (χ0v) is 21.7. The third kappa shape index (κ3) is 6.07. The molecule has 1 unspecified atom stereocenters. The number of rotatable bonds is 10. The van der Waals surface area contributed by atoms with Gasteiger partial charge in [-0.1, -0.05) is 42.8 Å². The zero-order chi connectivity index (χ0) is 25.6. The van der Waals surface area contributed by atoms with Crippen molar-refractivity contribution in [3.63, 3.8) is 0 Å². The second-order valence-electron chi connectivity index (χ2n) is 7.90. The van der Waals surface area contributed by atoms with Crippen molar-refractivity contribution in [1.82, 2.24) is 5.32 Å². The monoisotopic (exact) mass is 516 g/mol. The summed E-state index contributed by atoms with van der Waals surface area (Å²) in [6.07, 6.45) is 0.590. The number of hydrogen-bond donors (Lipinski definition) is 1. The first-order valence-corrected chi connectivity index (χ1v) is 12.9. The van der Waals surface area contributed by atoms with Gasteiger partial charge in [-0.3, -0.25) is 9.10 Å². The second-order valence-corrected chi connectivity index (χ2v) is 10.2. The fourth-order valence-corrected chi connectivity index (χ4v) is 5.51. The number of carbonyl (C=O) groups excluding carboxylic acids is 1. The van der Waals surface area contributed by atoms with Crippen LogP contribution in [0.2, 0.25) is 5.02 Å². The lowest BCUT2D eigenvalue weighted by Crippen LogP contribution is -2.42. The van der Waals surface area contributed by atoms with Gasteiger partial charge in [0.1, 0.15) is 6.54 Å². The number of methoxy groups -OCH3 is 2. The number of carbonyl (C=O) groups is 1. The molecule has 35 heavy (non-hydrogen) atoms. The lowest BCUT2D eigenvalue weighted by atomic mass is 10.0. The van der Waals surface area contributed by atoms with E-state index in [0.29, 0.717) is 34.2 Å². The molecule has 7 nitrogen and oxygen atoms in total. The van der Waals surface area contributed by atoms with Crippen molar-refractivity contribution < 1.29 is 22.7 Å². The highest BCUT2D eigenvalue weighted by atomic mass is 35.5. The smallest absolute Gasteiger partial charge is 0.264 e. The van der Waals surface area contributed by atoms with E-state index in [4.69, 9.17) is 21.1 Å². The van der Waals surface area contributed by atoms with Crippen LogP contribution >= 0.6 is 11.6 Å². The predicted molar refractivity (Wildman–Crippen MR) is 138 cm³/mol. The number of ether oxygens (including phenoxy) is 2. The SMILES string of the molecule is CCC(NC(=O)CN(c1ccc(Cl)cc1C)S(=O)(=O)c1ccccc1)c1ccc(OC)c(OC)c1. The molecule has 3 aromatic rings. The average molecular weight is 517 g/mol. The summed E-state index contributed by atoms with van der Waals surface area (Å²) in [6.45, 7) is 3.29. The van der Waals surface area contributed by atoms with Gasteiger partial charge in [-0.15, -0.1) is 0 Å². The zero-order valence-electron chi connectivity index (χ0n) is 20.1. The van der Waals surface area contributed by atoms with Gasteiger partial charge in [0.15, 0.2) is 11.5 Å². The molecule has 3 rings (SSSR count). The number of anilines is 1. The average Bonchev–Trinajstić information content (AvgIpc) is 2.86. The molecule has 0 aliphatic heterocycles. The fraction of sp³-hybridized carbons (Fsp3) is 0.269. The van der Waals surface area contributed by atoms with E-state index in [0.717, 1.165) is 9.87 Å². The molecule has 0 fully saturated rings. The first-order chi connectivity index (χ1) is 16.7. The summed E-state index contributed by atoms with van der Waals surface area (Å²) in [7, 11) is -0.922. The molecule has 0 saturated heterocycles. The maximum atomic E-state index is 13.6. The van der Waals surface area contributed by atoms with E-state index in [9.17, 15) is 13.2 Å². The molecule has 1 atom stereocenters. The Kier molecular flexibility index (Phi) is 8.64. The van der Waals surface area contributed by atoms with Crippen LogP contribution in [0.5, 0.6) is 11.5 Å². The van der Waals surface area contributed by atoms with E-state index < -0.39 is 22.5 Å². The summed E-state index contributed by atoms with van der Waals surface area (Å²) in [4.78, 5) is 13.3. The largest absolute Gasteiger partial charge is 0.493 e. The Morgan fingerprint density at radius 3 is 2.29 bits per heavy atom. The van der Waals surface area contributed by atoms with Gasteiger partial charge in [0.05, 0.1) is 30.8 Å². The Hall–Kier alpha value is -3.23. The molecule has 0 aliphatic carbocycles. The van der Waals surface area contributed by atoms with Gasteiger partial charge in [-0.2, -0.15) is 0 Å². The Labute approximate surface area is 211 Å². The van der Waals surface area contributed by atoms with Crippen LogP contribution < -0.4 is 19.1 Å². The lowest BCUT2D eigenvalue weighted by Gasteiger charge is -2.27. The van der Waals surface area contributed by atoms with Crippen LogP contribution in [0.15, 0.2) is 71.6 Å². The Morgan fingerprint density at radius 2 is 1.69 bits per heavy atom. The van der Waals surface area contributed by atoms with Gasteiger partial charge in [-0.05, 0) is 66.9 Å². The lowest BCUT2D eigenvalue weighted by molar-refractivity contribution is -0.120. The number of hydrogen-bond acceptors (Lipinski definition) is 5. The number of nitrogens with one attached hydrogen (secondary N) is 1. The number of aryl methyl sites for hydroxylation is 1. The Balaban J connectivity index is 1.93. The number of nitrogens with zero attached hydrogens (tertiary/aromatic N) is 1. The molecule has 0 aliphatic rings. The van der Waals surface area contributed by atoms with Gasteiger partial charge < -0.3 is 14.8 Å². The van der Waals surface area contributed by atoms with E-state index in [2.05, 4.69) is 5.32 Å². The standard InChI is InChI=1S/C26H29ClN2O5S/c1-5-22(19-11-14-24(33-3)25(16-19)34-4)28-26(30)17-29(23-13-12-20(27)15-18(23)2)35(31,32)21-9-7-6-8-10-21/h6-16,22H,5,17H2,1-4H3,(H,28,30). The number of sulfonamides is 1. The summed E-state index contributed by atoms with van der Waals surface area (Å²) in [6, 6.07) is 18.0. The second kappa shape index (κ2) is 11.5. The third-order valence-corrected chi connectivity index (χ3v) is 7.61. The van der Waals surface area contributed by atoms with E-state index >= 15 is 0 Å². The molecule has 9 heteroatoms. The van der Waals surface area contributed by atoms with Gasteiger partial charge >= 0.3 is 0 Å². The first-order valence-electron chi connectivity index (χ1n) is 11.1. The van der Waals surface area contributed by atoms with Crippen LogP contribution in [-0.4, -0.2) is 35.1 Å². The molecular formula is C26H29ClN2O5S. The van der Waals surface area contributed by atoms with Gasteiger partial charge in [0.2, 0.25) is 5.91 Å². The highest BCUT2D eigenvalue weighted by molar-refractivity contribution is 7.92. The molecule has 1 amide bonds. The highest BCUT2D eigenvalue weighted by Gasteiger charge is 2.29. The molecule has 0 radical (unpaired) electrons. The minimum absolute atomic E-state index is 0.0917. The van der Waals surface area contributed by atoms with Crippen LogP contribution in [0.25, 0.3) is 0 Å². The summed E-state index contributed by atoms with van der Waals surface area (Å²) < 4.78 is 38.9. The summed E-state index contributed by atoms with van der Waals surface area (Å²) in [5, 5.41) is 3.44. The fourth-order valence-electron chi connectivity index (χ4n) is 3.78. The minimum Gasteiger partial charge on any atom is -0.493 e. The summed E-state index contributed by atoms with van der Waals surface area (Å²) in [5.41, 5.74) is 1.84. The van der Waals surface area contributed by atoms with Crippen LogP contribution in [0.3, 0.4) is 0 Å². The van der Waals surface area contributed by atoms with Crippen LogP contribution in [0.1, 0.15) is 30.5 Å². The van der Waals surface area contributed by atoms with Crippen LogP contribution in [0.4, 0.5) is 5.69 Å². The van der Waals surface area contributed by atoms with E-state index in [1.165, 1.54) is 12.1 Å². The highest BCUT2D eigenvalue weighted by Crippen LogP contribution is 2.32. The van der Waals surface area contributed by atoms with Crippen molar-refractivity contribution in [2.24, 2.45) is 0 Å². The van der Waals surface area contributed by atoms with Crippen LogP contribution in [-0.2, 0) is 14.8 Å². The Morgan fingerprint density at radius 1 is 1.00 bits per heavy atom. The third-order valence-electron chi connectivity index (χ3n) is 5.60. The van der Waals surface area contributed by atoms with Gasteiger partial charge in [0, 0.05) is 5.02 Å². The molecule has 0 bridgehead atoms. The van der Waals surface area contributed by atoms with Crippen molar-refractivity contribution in [3.8, 4) is 11.5 Å². The summed E-state index contributed by atoms with van der Waals surface area (Å²) in [5.74, 6) is 0.680. The normalized spacial score (nSPS) is 12.0. The predicted octanol–water partition coefficient (Wildman–Crippen LogP) is 5.13. The molecule has 186 valence electrons. The molecule has 0 heterocycles. The van der Waals surface area contributed by atoms with Crippen molar-refractivity contribution >= 4 is 33.2 Å². The topological polar surface area (TPSA) is 84.9 Å². The van der Waals surface area contributed by atoms with E-state index in [1.807, 2.05) is 13.0 Å². The molecule has 1 N–H and O–H groups in total. The van der Waals surface area contributed by atoms with Crippen LogP contribution in [0, 0.1) is 6.92 Å². The molecule has 0 spiro atoms. The quantitative estimate of drug-likeness (QED) is 0.404. The first kappa shape index (κ1) is 26.4. The van der Waals surface area contributed by atoms with Crippen molar-refractivity contribution in [2.75, 3.05) is 25.1 Å². The molecule has 3 aromatic carbocycles. The maximum Gasteiger partial charge on any atom is 0.264 e. The molecule has 0 saturated carbocycles. The Bertz CT molecular complexity index is 1280. The molecular weight excluding hydrogens is 488 g/mol.